The number of nitro benzene ring substituents is 1. The number of rotatable bonds is 4. The number of carboxylic acid groups (broad SMARTS) is 1. The van der Waals surface area contributed by atoms with Gasteiger partial charge in [-0.2, -0.15) is 5.26 Å². The van der Waals surface area contributed by atoms with Crippen LogP contribution in [0.4, 0.5) is 11.4 Å². The minimum atomic E-state index is -1.43. The number of hydrogen-bond donors (Lipinski definition) is 2. The number of nitrogens with zero attached hydrogens (tertiary/aromatic N) is 2. The summed E-state index contributed by atoms with van der Waals surface area (Å²) in [6.07, 6.45) is -0.394. The molecule has 0 saturated carbocycles. The molecular weight excluding hydrogens is 242 g/mol. The second-order valence-corrected chi connectivity index (χ2v) is 3.18. The Morgan fingerprint density at radius 2 is 2.17 bits per heavy atom. The number of aromatic carboxylic acids is 1. The number of carbonyl (C=O) groups excluding carboxylic acids is 1. The second-order valence-electron chi connectivity index (χ2n) is 3.18. The summed E-state index contributed by atoms with van der Waals surface area (Å²) in [4.78, 5) is 31.6. The molecule has 0 spiro atoms. The van der Waals surface area contributed by atoms with Gasteiger partial charge < -0.3 is 10.4 Å². The first-order valence-electron chi connectivity index (χ1n) is 4.64. The highest BCUT2D eigenvalue weighted by Gasteiger charge is 2.20. The summed E-state index contributed by atoms with van der Waals surface area (Å²) in [5.41, 5.74) is -1.04. The standard InChI is InChI=1S/C10H7N3O5/c11-4-3-9(14)12-6-1-2-7(10(15)16)8(5-6)13(17)18/h1-2,5H,3H2,(H,12,14)(H,15,16). The summed E-state index contributed by atoms with van der Waals surface area (Å²) in [5.74, 6) is -2.06. The Labute approximate surface area is 101 Å². The van der Waals surface area contributed by atoms with Crippen LogP contribution >= 0.6 is 0 Å². The van der Waals surface area contributed by atoms with Gasteiger partial charge in [0.05, 0.1) is 11.0 Å². The summed E-state index contributed by atoms with van der Waals surface area (Å²) in [7, 11) is 0. The molecule has 0 aliphatic carbocycles. The fraction of sp³-hybridized carbons (Fsp3) is 0.100. The Bertz CT molecular complexity index is 561. The topological polar surface area (TPSA) is 133 Å². The van der Waals surface area contributed by atoms with Crippen LogP contribution in [0.1, 0.15) is 16.8 Å². The molecule has 0 aliphatic heterocycles. The normalized spacial score (nSPS) is 9.28. The van der Waals surface area contributed by atoms with Crippen LogP contribution in [0, 0.1) is 21.4 Å². The molecule has 1 aromatic carbocycles. The maximum Gasteiger partial charge on any atom is 0.342 e. The first kappa shape index (κ1) is 13.1. The molecule has 8 heteroatoms. The number of carbonyl (C=O) groups is 2. The van der Waals surface area contributed by atoms with E-state index in [0.717, 1.165) is 12.1 Å². The number of anilines is 1. The van der Waals surface area contributed by atoms with Gasteiger partial charge in [0, 0.05) is 11.8 Å². The molecule has 0 radical (unpaired) electrons. The molecule has 0 aromatic heterocycles. The summed E-state index contributed by atoms with van der Waals surface area (Å²) in [5, 5.41) is 29.9. The van der Waals surface area contributed by atoms with E-state index in [1.54, 1.807) is 6.07 Å². The number of carboxylic acids is 1. The van der Waals surface area contributed by atoms with Crippen molar-refractivity contribution < 1.29 is 19.6 Å². The van der Waals surface area contributed by atoms with Gasteiger partial charge in [-0.3, -0.25) is 14.9 Å². The maximum absolute atomic E-state index is 11.1. The van der Waals surface area contributed by atoms with E-state index in [4.69, 9.17) is 10.4 Å². The molecule has 18 heavy (non-hydrogen) atoms. The van der Waals surface area contributed by atoms with Crippen molar-refractivity contribution in [1.82, 2.24) is 0 Å². The van der Waals surface area contributed by atoms with Gasteiger partial charge in [0.25, 0.3) is 5.69 Å². The summed E-state index contributed by atoms with van der Waals surface area (Å²) in [6.45, 7) is 0. The van der Waals surface area contributed by atoms with Gasteiger partial charge in [-0.05, 0) is 12.1 Å². The molecule has 8 nitrogen and oxygen atoms in total. The largest absolute Gasteiger partial charge is 0.477 e. The number of amides is 1. The zero-order chi connectivity index (χ0) is 13.7. The molecule has 0 unspecified atom stereocenters. The van der Waals surface area contributed by atoms with Crippen LogP contribution in [0.2, 0.25) is 0 Å². The van der Waals surface area contributed by atoms with Gasteiger partial charge in [-0.1, -0.05) is 0 Å². The molecule has 0 bridgehead atoms. The van der Waals surface area contributed by atoms with Crippen LogP contribution in [-0.2, 0) is 4.79 Å². The maximum atomic E-state index is 11.1. The molecule has 0 fully saturated rings. The average molecular weight is 249 g/mol. The minimum absolute atomic E-state index is 0.0620. The molecule has 2 N–H and O–H groups in total. The van der Waals surface area contributed by atoms with E-state index in [1.807, 2.05) is 0 Å². The first-order chi connectivity index (χ1) is 8.45. The van der Waals surface area contributed by atoms with Crippen molar-refractivity contribution in [2.24, 2.45) is 0 Å². The Morgan fingerprint density at radius 1 is 1.50 bits per heavy atom. The Morgan fingerprint density at radius 3 is 2.67 bits per heavy atom. The number of nitriles is 1. The van der Waals surface area contributed by atoms with Crippen molar-refractivity contribution in [3.05, 3.63) is 33.9 Å². The summed E-state index contributed by atoms with van der Waals surface area (Å²) < 4.78 is 0. The summed E-state index contributed by atoms with van der Waals surface area (Å²) in [6, 6.07) is 4.77. The van der Waals surface area contributed by atoms with E-state index in [0.29, 0.717) is 0 Å². The number of nitro groups is 1. The fourth-order valence-electron chi connectivity index (χ4n) is 1.22. The lowest BCUT2D eigenvalue weighted by Crippen LogP contribution is -2.11. The lowest BCUT2D eigenvalue weighted by atomic mass is 10.1. The quantitative estimate of drug-likeness (QED) is 0.607. The second kappa shape index (κ2) is 5.40. The smallest absolute Gasteiger partial charge is 0.342 e. The first-order valence-corrected chi connectivity index (χ1v) is 4.64. The van der Waals surface area contributed by atoms with E-state index in [2.05, 4.69) is 5.32 Å². The molecule has 0 atom stereocenters. The van der Waals surface area contributed by atoms with Crippen molar-refractivity contribution in [2.75, 3.05) is 5.32 Å². The van der Waals surface area contributed by atoms with E-state index in [-0.39, 0.29) is 5.69 Å². The zero-order valence-electron chi connectivity index (χ0n) is 8.91. The van der Waals surface area contributed by atoms with Gasteiger partial charge in [0.15, 0.2) is 0 Å². The molecule has 1 aromatic rings. The van der Waals surface area contributed by atoms with Crippen molar-refractivity contribution in [2.45, 2.75) is 6.42 Å². The van der Waals surface area contributed by atoms with Gasteiger partial charge >= 0.3 is 5.97 Å². The number of hydrogen-bond acceptors (Lipinski definition) is 5. The zero-order valence-corrected chi connectivity index (χ0v) is 8.91. The average Bonchev–Trinajstić information content (AvgIpc) is 2.28. The van der Waals surface area contributed by atoms with E-state index < -0.39 is 34.5 Å². The lowest BCUT2D eigenvalue weighted by Gasteiger charge is -2.04. The van der Waals surface area contributed by atoms with Gasteiger partial charge in [0.2, 0.25) is 5.91 Å². The van der Waals surface area contributed by atoms with E-state index in [1.165, 1.54) is 6.07 Å². The van der Waals surface area contributed by atoms with Crippen LogP contribution in [0.25, 0.3) is 0 Å². The minimum Gasteiger partial charge on any atom is -0.477 e. The summed E-state index contributed by atoms with van der Waals surface area (Å²) >= 11 is 0. The Kier molecular flexibility index (Phi) is 3.93. The van der Waals surface area contributed by atoms with Gasteiger partial charge in [-0.15, -0.1) is 0 Å². The van der Waals surface area contributed by atoms with Crippen LogP contribution in [0.15, 0.2) is 18.2 Å². The van der Waals surface area contributed by atoms with Gasteiger partial charge in [0.1, 0.15) is 12.0 Å². The van der Waals surface area contributed by atoms with Crippen LogP contribution in [0.3, 0.4) is 0 Å². The highest BCUT2D eigenvalue weighted by Crippen LogP contribution is 2.23. The highest BCUT2D eigenvalue weighted by atomic mass is 16.6. The third-order valence-electron chi connectivity index (χ3n) is 1.95. The third-order valence-corrected chi connectivity index (χ3v) is 1.95. The lowest BCUT2D eigenvalue weighted by molar-refractivity contribution is -0.385. The molecule has 0 heterocycles. The van der Waals surface area contributed by atoms with Crippen molar-refractivity contribution in [3.63, 3.8) is 0 Å². The monoisotopic (exact) mass is 249 g/mol. The van der Waals surface area contributed by atoms with Crippen LogP contribution < -0.4 is 5.32 Å². The Hall–Kier alpha value is -2.95. The number of benzene rings is 1. The molecular formula is C10H7N3O5. The molecule has 0 aliphatic rings. The predicted molar refractivity (Wildman–Crippen MR) is 58.9 cm³/mol. The SMILES string of the molecule is N#CCC(=O)Nc1ccc(C(=O)O)c([N+](=O)[O-])c1. The van der Waals surface area contributed by atoms with E-state index in [9.17, 15) is 19.7 Å². The van der Waals surface area contributed by atoms with Crippen LogP contribution in [-0.4, -0.2) is 21.9 Å². The molecule has 1 amide bonds. The van der Waals surface area contributed by atoms with Crippen molar-refractivity contribution in [3.8, 4) is 6.07 Å². The molecule has 92 valence electrons. The van der Waals surface area contributed by atoms with E-state index >= 15 is 0 Å². The third kappa shape index (κ3) is 3.02. The van der Waals surface area contributed by atoms with Crippen molar-refractivity contribution in [1.29, 1.82) is 5.26 Å². The Balaban J connectivity index is 3.08. The predicted octanol–water partition coefficient (Wildman–Crippen LogP) is 1.15. The van der Waals surface area contributed by atoms with Crippen LogP contribution in [0.5, 0.6) is 0 Å². The van der Waals surface area contributed by atoms with Crippen molar-refractivity contribution >= 4 is 23.3 Å². The fourth-order valence-corrected chi connectivity index (χ4v) is 1.22. The molecule has 1 rings (SSSR count). The molecule has 0 saturated heterocycles. The number of nitrogens with one attached hydrogen (secondary N) is 1. The highest BCUT2D eigenvalue weighted by molar-refractivity contribution is 5.96. The van der Waals surface area contributed by atoms with Gasteiger partial charge in [-0.25, -0.2) is 4.79 Å².